The average Bonchev–Trinajstić information content (AvgIpc) is 2.25. The fourth-order valence-electron chi connectivity index (χ4n) is 1.71. The van der Waals surface area contributed by atoms with Crippen LogP contribution in [0.1, 0.15) is 5.56 Å². The maximum absolute atomic E-state index is 11.4. The van der Waals surface area contributed by atoms with E-state index in [-0.39, 0.29) is 5.63 Å². The number of fused-ring (bicyclic) bond motifs is 1. The van der Waals surface area contributed by atoms with E-state index in [0.29, 0.717) is 11.3 Å². The highest BCUT2D eigenvalue weighted by atomic mass is 16.4. The molecule has 4 nitrogen and oxygen atoms in total. The lowest BCUT2D eigenvalue weighted by Crippen LogP contribution is -2.12. The molecule has 0 atom stereocenters. The van der Waals surface area contributed by atoms with Crippen LogP contribution < -0.4 is 16.7 Å². The molecule has 1 aromatic heterocycles. The number of nitrogen functional groups attached to an aromatic ring is 1. The molecule has 1 aromatic carbocycles. The number of anilines is 1. The molecule has 0 aliphatic heterocycles. The molecule has 0 bridgehead atoms. The number of rotatable bonds is 3. The van der Waals surface area contributed by atoms with E-state index >= 15 is 0 Å². The Balaban J connectivity index is 2.58. The Morgan fingerprint density at radius 2 is 2.19 bits per heavy atom. The Kier molecular flexibility index (Phi) is 2.92. The molecule has 2 aromatic rings. The van der Waals surface area contributed by atoms with E-state index in [1.165, 1.54) is 6.07 Å². The van der Waals surface area contributed by atoms with Crippen molar-refractivity contribution in [3.05, 3.63) is 40.2 Å². The summed E-state index contributed by atoms with van der Waals surface area (Å²) in [7, 11) is 1.88. The summed E-state index contributed by atoms with van der Waals surface area (Å²) in [5, 5.41) is 4.00. The summed E-state index contributed by atoms with van der Waals surface area (Å²) in [6, 6.07) is 6.92. The van der Waals surface area contributed by atoms with E-state index in [1.54, 1.807) is 6.07 Å². The summed E-state index contributed by atoms with van der Waals surface area (Å²) in [6.45, 7) is 0.822. The first-order chi connectivity index (χ1) is 7.70. The molecular formula is C12H14N2O2. The van der Waals surface area contributed by atoms with Gasteiger partial charge in [-0.05, 0) is 37.7 Å². The van der Waals surface area contributed by atoms with Gasteiger partial charge in [0.2, 0.25) is 0 Å². The van der Waals surface area contributed by atoms with Crippen LogP contribution in [0.5, 0.6) is 0 Å². The molecule has 84 valence electrons. The van der Waals surface area contributed by atoms with Crippen LogP contribution in [0.4, 0.5) is 5.69 Å². The summed E-state index contributed by atoms with van der Waals surface area (Å²) in [4.78, 5) is 11.4. The second-order valence-electron chi connectivity index (χ2n) is 3.70. The molecule has 0 fully saturated rings. The molecule has 0 radical (unpaired) electrons. The van der Waals surface area contributed by atoms with Gasteiger partial charge in [0.05, 0.1) is 0 Å². The molecule has 0 aliphatic carbocycles. The van der Waals surface area contributed by atoms with Crippen LogP contribution in [0, 0.1) is 0 Å². The van der Waals surface area contributed by atoms with Crippen molar-refractivity contribution in [1.29, 1.82) is 0 Å². The van der Waals surface area contributed by atoms with Crippen LogP contribution in [0.25, 0.3) is 11.0 Å². The molecule has 2 rings (SSSR count). The van der Waals surface area contributed by atoms with Gasteiger partial charge in [0, 0.05) is 23.2 Å². The molecule has 0 aliphatic rings. The Morgan fingerprint density at radius 1 is 1.38 bits per heavy atom. The van der Waals surface area contributed by atoms with Gasteiger partial charge >= 0.3 is 5.63 Å². The lowest BCUT2D eigenvalue weighted by molar-refractivity contribution is 0.558. The van der Waals surface area contributed by atoms with E-state index in [1.807, 2.05) is 19.2 Å². The van der Waals surface area contributed by atoms with Crippen LogP contribution in [0.2, 0.25) is 0 Å². The molecule has 0 spiro atoms. The summed E-state index contributed by atoms with van der Waals surface area (Å²) in [5.41, 5.74) is 7.46. The number of likely N-dealkylation sites (N-methyl/N-ethyl adjacent to an activating group) is 1. The van der Waals surface area contributed by atoms with E-state index in [4.69, 9.17) is 10.2 Å². The van der Waals surface area contributed by atoms with Crippen LogP contribution in [0.3, 0.4) is 0 Å². The number of hydrogen-bond donors (Lipinski definition) is 2. The third-order valence-electron chi connectivity index (χ3n) is 2.50. The second-order valence-corrected chi connectivity index (χ2v) is 3.70. The van der Waals surface area contributed by atoms with Crippen molar-refractivity contribution >= 4 is 16.7 Å². The van der Waals surface area contributed by atoms with Gasteiger partial charge in [-0.2, -0.15) is 0 Å². The molecule has 16 heavy (non-hydrogen) atoms. The van der Waals surface area contributed by atoms with Crippen molar-refractivity contribution in [1.82, 2.24) is 5.32 Å². The third-order valence-corrected chi connectivity index (χ3v) is 2.50. The Hall–Kier alpha value is -1.81. The van der Waals surface area contributed by atoms with Gasteiger partial charge < -0.3 is 15.5 Å². The standard InChI is InChI=1S/C12H14N2O2/c1-14-5-4-8-6-12(15)16-11-7-9(13)2-3-10(8)11/h2-3,6-7,14H,4-5,13H2,1H3. The van der Waals surface area contributed by atoms with Crippen LogP contribution in [-0.4, -0.2) is 13.6 Å². The molecule has 0 amide bonds. The highest BCUT2D eigenvalue weighted by molar-refractivity contribution is 5.83. The average molecular weight is 218 g/mol. The highest BCUT2D eigenvalue weighted by Crippen LogP contribution is 2.19. The fraction of sp³-hybridized carbons (Fsp3) is 0.250. The van der Waals surface area contributed by atoms with Gasteiger partial charge in [0.1, 0.15) is 5.58 Å². The molecule has 3 N–H and O–H groups in total. The zero-order chi connectivity index (χ0) is 11.5. The summed E-state index contributed by atoms with van der Waals surface area (Å²) in [6.07, 6.45) is 0.794. The smallest absolute Gasteiger partial charge is 0.336 e. The first-order valence-corrected chi connectivity index (χ1v) is 5.17. The Labute approximate surface area is 93.1 Å². The molecular weight excluding hydrogens is 204 g/mol. The minimum Gasteiger partial charge on any atom is -0.423 e. The van der Waals surface area contributed by atoms with Crippen LogP contribution in [0.15, 0.2) is 33.5 Å². The zero-order valence-corrected chi connectivity index (χ0v) is 9.12. The van der Waals surface area contributed by atoms with E-state index in [9.17, 15) is 4.79 Å². The monoisotopic (exact) mass is 218 g/mol. The predicted molar refractivity (Wildman–Crippen MR) is 64.5 cm³/mol. The summed E-state index contributed by atoms with van der Waals surface area (Å²) in [5.74, 6) is 0. The van der Waals surface area contributed by atoms with Gasteiger partial charge in [0.15, 0.2) is 0 Å². The van der Waals surface area contributed by atoms with Crippen LogP contribution in [-0.2, 0) is 6.42 Å². The predicted octanol–water partition coefficient (Wildman–Crippen LogP) is 1.14. The van der Waals surface area contributed by atoms with E-state index in [0.717, 1.165) is 23.9 Å². The summed E-state index contributed by atoms with van der Waals surface area (Å²) >= 11 is 0. The maximum Gasteiger partial charge on any atom is 0.336 e. The van der Waals surface area contributed by atoms with E-state index in [2.05, 4.69) is 5.32 Å². The van der Waals surface area contributed by atoms with Crippen molar-refractivity contribution in [3.8, 4) is 0 Å². The van der Waals surface area contributed by atoms with Gasteiger partial charge in [-0.1, -0.05) is 0 Å². The minimum absolute atomic E-state index is 0.329. The van der Waals surface area contributed by atoms with Gasteiger partial charge in [-0.25, -0.2) is 4.79 Å². The van der Waals surface area contributed by atoms with Crippen molar-refractivity contribution < 1.29 is 4.42 Å². The van der Waals surface area contributed by atoms with Crippen LogP contribution >= 0.6 is 0 Å². The van der Waals surface area contributed by atoms with Gasteiger partial charge in [-0.3, -0.25) is 0 Å². The summed E-state index contributed by atoms with van der Waals surface area (Å²) < 4.78 is 5.11. The quantitative estimate of drug-likeness (QED) is 0.598. The molecule has 1 heterocycles. The second kappa shape index (κ2) is 4.37. The molecule has 0 saturated carbocycles. The highest BCUT2D eigenvalue weighted by Gasteiger charge is 2.05. The molecule has 4 heteroatoms. The normalized spacial score (nSPS) is 10.8. The van der Waals surface area contributed by atoms with Gasteiger partial charge in [0.25, 0.3) is 0 Å². The Bertz CT molecular complexity index is 560. The SMILES string of the molecule is CNCCc1cc(=O)oc2cc(N)ccc12. The minimum atomic E-state index is -0.329. The largest absolute Gasteiger partial charge is 0.423 e. The number of nitrogens with one attached hydrogen (secondary N) is 1. The third kappa shape index (κ3) is 2.06. The van der Waals surface area contributed by atoms with Crippen molar-refractivity contribution in [2.24, 2.45) is 0 Å². The zero-order valence-electron chi connectivity index (χ0n) is 9.12. The number of nitrogens with two attached hydrogens (primary N) is 1. The number of hydrogen-bond acceptors (Lipinski definition) is 4. The Morgan fingerprint density at radius 3 is 2.94 bits per heavy atom. The molecule has 0 saturated heterocycles. The lowest BCUT2D eigenvalue weighted by Gasteiger charge is -2.05. The lowest BCUT2D eigenvalue weighted by atomic mass is 10.1. The van der Waals surface area contributed by atoms with Gasteiger partial charge in [-0.15, -0.1) is 0 Å². The first kappa shape index (κ1) is 10.7. The molecule has 0 unspecified atom stereocenters. The van der Waals surface area contributed by atoms with Crippen molar-refractivity contribution in [3.63, 3.8) is 0 Å². The fourth-order valence-corrected chi connectivity index (χ4v) is 1.71. The topological polar surface area (TPSA) is 68.3 Å². The van der Waals surface area contributed by atoms with E-state index < -0.39 is 0 Å². The number of benzene rings is 1. The van der Waals surface area contributed by atoms with Crippen molar-refractivity contribution in [2.45, 2.75) is 6.42 Å². The first-order valence-electron chi connectivity index (χ1n) is 5.17. The van der Waals surface area contributed by atoms with Crippen molar-refractivity contribution in [2.75, 3.05) is 19.3 Å². The maximum atomic E-state index is 11.4.